The van der Waals surface area contributed by atoms with Gasteiger partial charge in [0.2, 0.25) is 0 Å². The lowest BCUT2D eigenvalue weighted by Gasteiger charge is -2.32. The fourth-order valence-corrected chi connectivity index (χ4v) is 3.47. The average molecular weight is 414 g/mol. The molecule has 2 unspecified atom stereocenters. The third-order valence-corrected chi connectivity index (χ3v) is 5.11. The number of carbonyl (C=O) groups is 2. The predicted octanol–water partition coefficient (Wildman–Crippen LogP) is 3.27. The number of nitrogens with one attached hydrogen (secondary N) is 3. The van der Waals surface area contributed by atoms with Gasteiger partial charge in [-0.15, -0.1) is 0 Å². The number of nitro benzene ring substituents is 1. The summed E-state index contributed by atoms with van der Waals surface area (Å²) in [7, 11) is 0. The molecule has 0 aliphatic heterocycles. The van der Waals surface area contributed by atoms with E-state index in [0.29, 0.717) is 5.56 Å². The van der Waals surface area contributed by atoms with Crippen LogP contribution in [0.4, 0.5) is 14.9 Å². The van der Waals surface area contributed by atoms with E-state index in [0.717, 1.165) is 31.2 Å². The number of nitro groups is 1. The zero-order valence-electron chi connectivity index (χ0n) is 16.3. The molecule has 158 valence electrons. The van der Waals surface area contributed by atoms with E-state index in [9.17, 15) is 24.1 Å². The summed E-state index contributed by atoms with van der Waals surface area (Å²) in [6.45, 7) is 0.263. The summed E-state index contributed by atoms with van der Waals surface area (Å²) in [5.41, 5.74) is 1.02. The zero-order chi connectivity index (χ0) is 21.5. The molecule has 3 amide bonds. The van der Waals surface area contributed by atoms with E-state index in [1.807, 2.05) is 0 Å². The highest BCUT2D eigenvalue weighted by atomic mass is 19.1. The highest BCUT2D eigenvalue weighted by Crippen LogP contribution is 2.20. The van der Waals surface area contributed by atoms with E-state index in [2.05, 4.69) is 16.0 Å². The Morgan fingerprint density at radius 3 is 2.17 bits per heavy atom. The van der Waals surface area contributed by atoms with Crippen LogP contribution in [-0.2, 0) is 6.54 Å². The number of amides is 3. The van der Waals surface area contributed by atoms with Crippen LogP contribution in [0.2, 0.25) is 0 Å². The third kappa shape index (κ3) is 5.76. The maximum Gasteiger partial charge on any atom is 0.315 e. The Bertz CT molecular complexity index is 902. The van der Waals surface area contributed by atoms with Crippen molar-refractivity contribution in [2.24, 2.45) is 0 Å². The van der Waals surface area contributed by atoms with E-state index >= 15 is 0 Å². The lowest BCUT2D eigenvalue weighted by atomic mass is 9.90. The fraction of sp³-hybridized carbons (Fsp3) is 0.333. The minimum absolute atomic E-state index is 0.0819. The molecule has 0 radical (unpaired) electrons. The molecule has 0 aromatic heterocycles. The summed E-state index contributed by atoms with van der Waals surface area (Å²) in [6, 6.07) is 10.4. The number of urea groups is 1. The Hall–Kier alpha value is -3.49. The summed E-state index contributed by atoms with van der Waals surface area (Å²) in [5, 5.41) is 19.3. The molecule has 8 nitrogen and oxygen atoms in total. The lowest BCUT2D eigenvalue weighted by Crippen LogP contribution is -2.55. The molecule has 1 aliphatic carbocycles. The smallest absolute Gasteiger partial charge is 0.315 e. The van der Waals surface area contributed by atoms with Crippen molar-refractivity contribution >= 4 is 17.6 Å². The van der Waals surface area contributed by atoms with E-state index in [1.165, 1.54) is 36.4 Å². The lowest BCUT2D eigenvalue weighted by molar-refractivity contribution is -0.384. The van der Waals surface area contributed by atoms with Gasteiger partial charge in [0.15, 0.2) is 0 Å². The van der Waals surface area contributed by atoms with Gasteiger partial charge in [-0.05, 0) is 42.7 Å². The molecule has 0 saturated heterocycles. The normalized spacial score (nSPS) is 18.3. The summed E-state index contributed by atoms with van der Waals surface area (Å²) in [6.07, 6.45) is 3.32. The van der Waals surface area contributed by atoms with Crippen molar-refractivity contribution in [3.8, 4) is 0 Å². The molecule has 1 saturated carbocycles. The Balaban J connectivity index is 1.54. The Morgan fingerprint density at radius 1 is 0.967 bits per heavy atom. The molecule has 2 atom stereocenters. The fourth-order valence-electron chi connectivity index (χ4n) is 3.47. The second-order valence-corrected chi connectivity index (χ2v) is 7.23. The van der Waals surface area contributed by atoms with Crippen LogP contribution < -0.4 is 16.0 Å². The summed E-state index contributed by atoms with van der Waals surface area (Å²) in [5.74, 6) is -0.674. The minimum Gasteiger partial charge on any atom is -0.347 e. The largest absolute Gasteiger partial charge is 0.347 e. The maximum absolute atomic E-state index is 13.0. The van der Waals surface area contributed by atoms with Crippen LogP contribution in [0, 0.1) is 15.9 Å². The van der Waals surface area contributed by atoms with Gasteiger partial charge in [0.1, 0.15) is 5.82 Å². The van der Waals surface area contributed by atoms with E-state index in [-0.39, 0.29) is 42.1 Å². The molecule has 1 fully saturated rings. The average Bonchev–Trinajstić information content (AvgIpc) is 2.74. The number of halogens is 1. The molecule has 2 aromatic rings. The van der Waals surface area contributed by atoms with Crippen LogP contribution >= 0.6 is 0 Å². The first kappa shape index (κ1) is 21.2. The molecular formula is C21H23FN4O4. The van der Waals surface area contributed by atoms with Gasteiger partial charge in [-0.2, -0.15) is 0 Å². The van der Waals surface area contributed by atoms with Crippen LogP contribution in [0.3, 0.4) is 0 Å². The molecule has 3 rings (SSSR count). The highest BCUT2D eigenvalue weighted by molar-refractivity contribution is 5.94. The predicted molar refractivity (Wildman–Crippen MR) is 108 cm³/mol. The molecule has 30 heavy (non-hydrogen) atoms. The first-order chi connectivity index (χ1) is 14.4. The Labute approximate surface area is 173 Å². The number of hydrogen-bond donors (Lipinski definition) is 3. The Kier molecular flexibility index (Phi) is 6.95. The van der Waals surface area contributed by atoms with Crippen LogP contribution in [0.1, 0.15) is 41.6 Å². The van der Waals surface area contributed by atoms with Crippen molar-refractivity contribution in [3.05, 3.63) is 75.6 Å². The quantitative estimate of drug-likeness (QED) is 0.497. The Morgan fingerprint density at radius 2 is 1.57 bits per heavy atom. The van der Waals surface area contributed by atoms with Crippen molar-refractivity contribution in [2.45, 2.75) is 44.3 Å². The standard InChI is InChI=1S/C21H23FN4O4/c22-16-9-5-14(6-10-16)13-23-21(28)25-19-4-2-1-3-18(19)24-20(27)15-7-11-17(12-8-15)26(29)30/h5-12,18-19H,1-4,13H2,(H,24,27)(H2,23,25,28). The van der Waals surface area contributed by atoms with Crippen molar-refractivity contribution < 1.29 is 18.9 Å². The second kappa shape index (κ2) is 9.82. The van der Waals surface area contributed by atoms with Crippen LogP contribution in [0.25, 0.3) is 0 Å². The maximum atomic E-state index is 13.0. The van der Waals surface area contributed by atoms with Gasteiger partial charge in [-0.3, -0.25) is 14.9 Å². The van der Waals surface area contributed by atoms with Crippen molar-refractivity contribution in [3.63, 3.8) is 0 Å². The van der Waals surface area contributed by atoms with Gasteiger partial charge in [-0.1, -0.05) is 25.0 Å². The van der Waals surface area contributed by atoms with Gasteiger partial charge in [0.05, 0.1) is 11.0 Å². The van der Waals surface area contributed by atoms with Gasteiger partial charge in [0, 0.05) is 30.3 Å². The summed E-state index contributed by atoms with van der Waals surface area (Å²) >= 11 is 0. The monoisotopic (exact) mass is 414 g/mol. The number of benzene rings is 2. The van der Waals surface area contributed by atoms with Crippen LogP contribution in [0.5, 0.6) is 0 Å². The number of nitrogens with zero attached hydrogens (tertiary/aromatic N) is 1. The zero-order valence-corrected chi connectivity index (χ0v) is 16.3. The van der Waals surface area contributed by atoms with Gasteiger partial charge in [-0.25, -0.2) is 9.18 Å². The van der Waals surface area contributed by atoms with Crippen molar-refractivity contribution in [1.29, 1.82) is 0 Å². The minimum atomic E-state index is -0.521. The van der Waals surface area contributed by atoms with Gasteiger partial charge >= 0.3 is 6.03 Å². The molecule has 3 N–H and O–H groups in total. The second-order valence-electron chi connectivity index (χ2n) is 7.23. The topological polar surface area (TPSA) is 113 Å². The number of hydrogen-bond acceptors (Lipinski definition) is 4. The molecule has 0 heterocycles. The number of rotatable bonds is 6. The van der Waals surface area contributed by atoms with Gasteiger partial charge < -0.3 is 16.0 Å². The number of carbonyl (C=O) groups excluding carboxylic acids is 2. The highest BCUT2D eigenvalue weighted by Gasteiger charge is 2.28. The van der Waals surface area contributed by atoms with E-state index < -0.39 is 4.92 Å². The molecule has 1 aliphatic rings. The molecular weight excluding hydrogens is 391 g/mol. The SMILES string of the molecule is O=C(NCc1ccc(F)cc1)NC1CCCCC1NC(=O)c1ccc([N+](=O)[O-])cc1. The van der Waals surface area contributed by atoms with E-state index in [4.69, 9.17) is 0 Å². The van der Waals surface area contributed by atoms with E-state index in [1.54, 1.807) is 12.1 Å². The first-order valence-corrected chi connectivity index (χ1v) is 9.76. The summed E-state index contributed by atoms with van der Waals surface area (Å²) in [4.78, 5) is 35.0. The third-order valence-electron chi connectivity index (χ3n) is 5.11. The first-order valence-electron chi connectivity index (χ1n) is 9.76. The van der Waals surface area contributed by atoms with Crippen molar-refractivity contribution in [1.82, 2.24) is 16.0 Å². The summed E-state index contributed by atoms with van der Waals surface area (Å²) < 4.78 is 13.0. The van der Waals surface area contributed by atoms with Crippen LogP contribution in [0.15, 0.2) is 48.5 Å². The molecule has 0 spiro atoms. The van der Waals surface area contributed by atoms with Gasteiger partial charge in [0.25, 0.3) is 11.6 Å². The number of non-ortho nitro benzene ring substituents is 1. The molecule has 0 bridgehead atoms. The molecule has 2 aromatic carbocycles. The van der Waals surface area contributed by atoms with Crippen molar-refractivity contribution in [2.75, 3.05) is 0 Å². The van der Waals surface area contributed by atoms with Crippen LogP contribution in [-0.4, -0.2) is 28.9 Å². The molecule has 9 heteroatoms.